The predicted molar refractivity (Wildman–Crippen MR) is 77.3 cm³/mol. The van der Waals surface area contributed by atoms with E-state index in [9.17, 15) is 0 Å². The highest BCUT2D eigenvalue weighted by atomic mass is 16.5. The molecule has 1 saturated heterocycles. The fourth-order valence-corrected chi connectivity index (χ4v) is 4.47. The highest BCUT2D eigenvalue weighted by Crippen LogP contribution is 2.54. The first-order valence-electron chi connectivity index (χ1n) is 7.67. The quantitative estimate of drug-likeness (QED) is 0.843. The molecule has 0 amide bonds. The molecular weight excluding hydrogens is 252 g/mol. The second kappa shape index (κ2) is 4.81. The van der Waals surface area contributed by atoms with Crippen molar-refractivity contribution in [3.8, 4) is 0 Å². The van der Waals surface area contributed by atoms with Crippen LogP contribution in [0.15, 0.2) is 0 Å². The van der Waals surface area contributed by atoms with Gasteiger partial charge in [-0.05, 0) is 27.3 Å². The summed E-state index contributed by atoms with van der Waals surface area (Å²) in [5.41, 5.74) is 0.238. The van der Waals surface area contributed by atoms with Crippen molar-refractivity contribution in [2.24, 2.45) is 11.3 Å². The smallest absolute Gasteiger partial charge is 0.147 e. The fourth-order valence-electron chi connectivity index (χ4n) is 4.47. The number of aryl methyl sites for hydroxylation is 1. The fraction of sp³-hybridized carbons (Fsp3) is 0.867. The van der Waals surface area contributed by atoms with Gasteiger partial charge in [0.1, 0.15) is 11.6 Å². The van der Waals surface area contributed by atoms with Gasteiger partial charge in [0.15, 0.2) is 0 Å². The summed E-state index contributed by atoms with van der Waals surface area (Å²) in [4.78, 5) is 2.45. The molecule has 0 aromatic carbocycles. The van der Waals surface area contributed by atoms with Gasteiger partial charge in [0.2, 0.25) is 0 Å². The zero-order chi connectivity index (χ0) is 14.5. The molecule has 5 heteroatoms. The first-order chi connectivity index (χ1) is 9.46. The molecule has 3 rings (SSSR count). The molecule has 2 heterocycles. The van der Waals surface area contributed by atoms with Crippen molar-refractivity contribution in [1.29, 1.82) is 0 Å². The number of rotatable bonds is 4. The summed E-state index contributed by atoms with van der Waals surface area (Å²) in [5.74, 6) is 2.77. The van der Waals surface area contributed by atoms with Crippen LogP contribution in [-0.2, 0) is 17.8 Å². The van der Waals surface area contributed by atoms with Gasteiger partial charge in [-0.2, -0.15) is 0 Å². The summed E-state index contributed by atoms with van der Waals surface area (Å²) in [6.45, 7) is 11.6. The Morgan fingerprint density at radius 2 is 2.15 bits per heavy atom. The number of nitrogens with zero attached hydrogens (tertiary/aromatic N) is 4. The highest BCUT2D eigenvalue weighted by Gasteiger charge is 2.60. The van der Waals surface area contributed by atoms with E-state index < -0.39 is 0 Å². The van der Waals surface area contributed by atoms with Crippen LogP contribution < -0.4 is 0 Å². The standard InChI is InChI=1S/C15H26N4O/c1-6-19-10(2)16-17-12(19)9-18(5)13-11-7-8-20-14(11)15(13,3)4/h11,13-14H,6-9H2,1-5H3/t11-,13+,14-/m0/s1. The zero-order valence-electron chi connectivity index (χ0n) is 13.3. The van der Waals surface area contributed by atoms with Gasteiger partial charge in [-0.1, -0.05) is 13.8 Å². The summed E-state index contributed by atoms with van der Waals surface area (Å²) in [5, 5.41) is 8.55. The Kier molecular flexibility index (Phi) is 3.37. The summed E-state index contributed by atoms with van der Waals surface area (Å²) in [6.07, 6.45) is 1.64. The number of hydrogen-bond acceptors (Lipinski definition) is 4. The maximum Gasteiger partial charge on any atom is 0.147 e. The Bertz CT molecular complexity index is 496. The molecule has 0 N–H and O–H groups in total. The lowest BCUT2D eigenvalue weighted by Gasteiger charge is -2.57. The number of ether oxygens (including phenoxy) is 1. The largest absolute Gasteiger partial charge is 0.377 e. The van der Waals surface area contributed by atoms with Crippen LogP contribution in [0, 0.1) is 18.3 Å². The predicted octanol–water partition coefficient (Wildman–Crippen LogP) is 1.85. The number of aromatic nitrogens is 3. The van der Waals surface area contributed by atoms with Crippen LogP contribution in [0.5, 0.6) is 0 Å². The van der Waals surface area contributed by atoms with E-state index in [2.05, 4.69) is 47.5 Å². The second-order valence-electron chi connectivity index (χ2n) is 6.83. The molecule has 2 aliphatic rings. The second-order valence-corrected chi connectivity index (χ2v) is 6.83. The molecule has 112 valence electrons. The van der Waals surface area contributed by atoms with Crippen molar-refractivity contribution >= 4 is 0 Å². The van der Waals surface area contributed by atoms with Gasteiger partial charge < -0.3 is 9.30 Å². The number of fused-ring (bicyclic) bond motifs is 1. The Morgan fingerprint density at radius 3 is 2.85 bits per heavy atom. The van der Waals surface area contributed by atoms with Crippen LogP contribution in [0.4, 0.5) is 0 Å². The average molecular weight is 278 g/mol. The third-order valence-electron chi connectivity index (χ3n) is 5.23. The summed E-state index contributed by atoms with van der Waals surface area (Å²) in [7, 11) is 2.21. The third kappa shape index (κ3) is 1.91. The Morgan fingerprint density at radius 1 is 1.40 bits per heavy atom. The van der Waals surface area contributed by atoms with Crippen LogP contribution in [-0.4, -0.2) is 45.5 Å². The third-order valence-corrected chi connectivity index (χ3v) is 5.23. The Labute approximate surface area is 121 Å². The van der Waals surface area contributed by atoms with E-state index in [1.54, 1.807) is 0 Å². The van der Waals surface area contributed by atoms with Gasteiger partial charge in [0, 0.05) is 30.5 Å². The Balaban J connectivity index is 1.75. The van der Waals surface area contributed by atoms with Crippen LogP contribution >= 0.6 is 0 Å². The van der Waals surface area contributed by atoms with E-state index in [1.165, 1.54) is 6.42 Å². The van der Waals surface area contributed by atoms with Crippen LogP contribution in [0.2, 0.25) is 0 Å². The van der Waals surface area contributed by atoms with E-state index in [-0.39, 0.29) is 5.41 Å². The van der Waals surface area contributed by atoms with E-state index in [1.807, 2.05) is 6.92 Å². The molecule has 0 unspecified atom stereocenters. The van der Waals surface area contributed by atoms with Gasteiger partial charge >= 0.3 is 0 Å². The normalized spacial score (nSPS) is 31.4. The molecule has 0 radical (unpaired) electrons. The molecule has 20 heavy (non-hydrogen) atoms. The van der Waals surface area contributed by atoms with Crippen LogP contribution in [0.25, 0.3) is 0 Å². The lowest BCUT2D eigenvalue weighted by molar-refractivity contribution is -0.152. The molecule has 2 fully saturated rings. The van der Waals surface area contributed by atoms with Crippen molar-refractivity contribution < 1.29 is 4.74 Å². The van der Waals surface area contributed by atoms with Crippen molar-refractivity contribution in [2.45, 2.75) is 59.4 Å². The summed E-state index contributed by atoms with van der Waals surface area (Å²) < 4.78 is 8.09. The van der Waals surface area contributed by atoms with E-state index in [0.717, 1.165) is 31.3 Å². The van der Waals surface area contributed by atoms with Crippen molar-refractivity contribution in [2.75, 3.05) is 13.7 Å². The van der Waals surface area contributed by atoms with E-state index >= 15 is 0 Å². The first kappa shape index (κ1) is 14.0. The molecule has 1 aliphatic carbocycles. The maximum absolute atomic E-state index is 5.89. The van der Waals surface area contributed by atoms with E-state index in [4.69, 9.17) is 4.74 Å². The summed E-state index contributed by atoms with van der Waals surface area (Å²) >= 11 is 0. The minimum atomic E-state index is 0.238. The summed E-state index contributed by atoms with van der Waals surface area (Å²) in [6, 6.07) is 0.581. The topological polar surface area (TPSA) is 43.2 Å². The van der Waals surface area contributed by atoms with Crippen molar-refractivity contribution in [3.05, 3.63) is 11.6 Å². The molecule has 1 aromatic heterocycles. The molecule has 1 saturated carbocycles. The van der Waals surface area contributed by atoms with Gasteiger partial charge in [-0.25, -0.2) is 0 Å². The number of hydrogen-bond donors (Lipinski definition) is 0. The van der Waals surface area contributed by atoms with Gasteiger partial charge in [-0.15, -0.1) is 10.2 Å². The molecule has 1 aromatic rings. The minimum Gasteiger partial charge on any atom is -0.377 e. The van der Waals surface area contributed by atoms with Crippen molar-refractivity contribution in [1.82, 2.24) is 19.7 Å². The van der Waals surface area contributed by atoms with Gasteiger partial charge in [0.05, 0.1) is 12.6 Å². The lowest BCUT2D eigenvalue weighted by atomic mass is 9.57. The van der Waals surface area contributed by atoms with Gasteiger partial charge in [0.25, 0.3) is 0 Å². The molecule has 3 atom stereocenters. The monoisotopic (exact) mass is 278 g/mol. The van der Waals surface area contributed by atoms with E-state index in [0.29, 0.717) is 18.1 Å². The SMILES string of the molecule is CCn1c(C)nnc1CN(C)[C@@H]1[C@@H]2CCO[C@@H]2C1(C)C. The maximum atomic E-state index is 5.89. The Hall–Kier alpha value is -0.940. The zero-order valence-corrected chi connectivity index (χ0v) is 13.3. The van der Waals surface area contributed by atoms with Crippen LogP contribution in [0.1, 0.15) is 38.8 Å². The molecule has 1 aliphatic heterocycles. The lowest BCUT2D eigenvalue weighted by Crippen LogP contribution is -2.65. The molecule has 0 spiro atoms. The van der Waals surface area contributed by atoms with Gasteiger partial charge in [-0.3, -0.25) is 4.90 Å². The molecule has 5 nitrogen and oxygen atoms in total. The molecular formula is C15H26N4O. The van der Waals surface area contributed by atoms with Crippen LogP contribution in [0.3, 0.4) is 0 Å². The first-order valence-corrected chi connectivity index (χ1v) is 7.67. The molecule has 0 bridgehead atoms. The van der Waals surface area contributed by atoms with Crippen molar-refractivity contribution in [3.63, 3.8) is 0 Å². The highest BCUT2D eigenvalue weighted by molar-refractivity contribution is 5.12. The average Bonchev–Trinajstić information content (AvgIpc) is 2.95. The minimum absolute atomic E-state index is 0.238.